The van der Waals surface area contributed by atoms with Gasteiger partial charge in [0, 0.05) is 15.7 Å². The second kappa shape index (κ2) is 6.47. The number of nitrogens with one attached hydrogen (secondary N) is 1. The van der Waals surface area contributed by atoms with Gasteiger partial charge in [-0.05, 0) is 42.4 Å². The van der Waals surface area contributed by atoms with E-state index in [1.807, 2.05) is 42.5 Å². The summed E-state index contributed by atoms with van der Waals surface area (Å²) in [5.41, 5.74) is 7.26. The summed E-state index contributed by atoms with van der Waals surface area (Å²) in [4.78, 5) is 4.89. The molecule has 1 aliphatic rings. The van der Waals surface area contributed by atoms with Crippen LogP contribution in [0, 0.1) is 0 Å². The number of aliphatic imine (C=N–C) groups is 1. The van der Waals surface area contributed by atoms with Crippen molar-refractivity contribution >= 4 is 50.1 Å². The Morgan fingerprint density at radius 3 is 2.65 bits per heavy atom. The summed E-state index contributed by atoms with van der Waals surface area (Å²) < 4.78 is 17.8. The van der Waals surface area contributed by atoms with E-state index in [0.29, 0.717) is 22.9 Å². The summed E-state index contributed by atoms with van der Waals surface area (Å²) >= 11 is 11.2. The summed E-state index contributed by atoms with van der Waals surface area (Å²) in [6.45, 7) is 0. The van der Waals surface area contributed by atoms with Gasteiger partial charge in [0.25, 0.3) is 5.30 Å². The molecule has 1 heterocycles. The van der Waals surface area contributed by atoms with Gasteiger partial charge in [0.15, 0.2) is 5.11 Å². The number of rotatable bonds is 4. The average Bonchev–Trinajstić information content (AvgIpc) is 2.79. The highest BCUT2D eigenvalue weighted by atomic mass is 35.5. The number of halogens is 2. The van der Waals surface area contributed by atoms with Crippen molar-refractivity contribution in [1.82, 2.24) is 4.72 Å². The van der Waals surface area contributed by atoms with Crippen molar-refractivity contribution in [3.05, 3.63) is 59.1 Å². The zero-order valence-corrected chi connectivity index (χ0v) is 14.5. The molecule has 0 radical (unpaired) electrons. The van der Waals surface area contributed by atoms with Gasteiger partial charge in [0.05, 0.1) is 5.69 Å². The molecule has 0 aliphatic carbocycles. The molecule has 3 nitrogen and oxygen atoms in total. The van der Waals surface area contributed by atoms with Crippen LogP contribution in [0.3, 0.4) is 0 Å². The van der Waals surface area contributed by atoms with Gasteiger partial charge in [-0.25, -0.2) is 4.99 Å². The number of aryl methyl sites for hydroxylation is 1. The first-order valence-electron chi connectivity index (χ1n) is 6.98. The molecule has 0 saturated heterocycles. The maximum atomic E-state index is 14.8. The van der Waals surface area contributed by atoms with Crippen LogP contribution in [0.15, 0.2) is 58.4 Å². The predicted octanol–water partition coefficient (Wildman–Crippen LogP) is 4.47. The number of para-hydroxylation sites is 1. The third kappa shape index (κ3) is 3.06. The standard InChI is InChI=1S/C16H15ClFN3S2/c17-12-6-2-1-5-11(12)9-10-23(21-16(19)22)14-8-4-3-7-13(14)20-15(23)18/h1-8H,9-10H2,(H3,19,21,22). The Morgan fingerprint density at radius 1 is 1.22 bits per heavy atom. The molecule has 3 N–H and O–H groups in total. The molecule has 0 aromatic heterocycles. The quantitative estimate of drug-likeness (QED) is 0.784. The van der Waals surface area contributed by atoms with Crippen molar-refractivity contribution < 1.29 is 4.39 Å². The van der Waals surface area contributed by atoms with E-state index < -0.39 is 15.5 Å². The van der Waals surface area contributed by atoms with Gasteiger partial charge in [-0.3, -0.25) is 0 Å². The Labute approximate surface area is 146 Å². The van der Waals surface area contributed by atoms with Crippen molar-refractivity contribution in [1.29, 1.82) is 0 Å². The molecule has 23 heavy (non-hydrogen) atoms. The fraction of sp³-hybridized carbons (Fsp3) is 0.125. The molecule has 120 valence electrons. The number of hydrogen-bond donors (Lipinski definition) is 2. The molecule has 0 fully saturated rings. The van der Waals surface area contributed by atoms with Crippen LogP contribution in [0.25, 0.3) is 0 Å². The second-order valence-electron chi connectivity index (χ2n) is 5.08. The summed E-state index contributed by atoms with van der Waals surface area (Å²) in [5.74, 6) is 0.487. The molecule has 0 saturated carbocycles. The third-order valence-electron chi connectivity index (χ3n) is 3.65. The fourth-order valence-corrected chi connectivity index (χ4v) is 6.01. The molecule has 1 atom stereocenters. The Balaban J connectivity index is 1.97. The molecule has 2 aromatic rings. The summed E-state index contributed by atoms with van der Waals surface area (Å²) in [6, 6.07) is 14.9. The van der Waals surface area contributed by atoms with Gasteiger partial charge in [0.2, 0.25) is 0 Å². The Morgan fingerprint density at radius 2 is 1.91 bits per heavy atom. The van der Waals surface area contributed by atoms with Crippen molar-refractivity contribution in [2.24, 2.45) is 10.7 Å². The summed E-state index contributed by atoms with van der Waals surface area (Å²) in [5, 5.41) is 0.292. The van der Waals surface area contributed by atoms with Gasteiger partial charge >= 0.3 is 0 Å². The van der Waals surface area contributed by atoms with E-state index in [-0.39, 0.29) is 5.11 Å². The normalized spacial score (nSPS) is 21.9. The first-order valence-corrected chi connectivity index (χ1v) is 9.57. The lowest BCUT2D eigenvalue weighted by Gasteiger charge is -2.35. The van der Waals surface area contributed by atoms with Gasteiger partial charge < -0.3 is 10.5 Å². The number of thiocarbonyl (C=S) groups is 1. The number of nitrogens with zero attached hydrogens (tertiary/aromatic N) is 1. The van der Waals surface area contributed by atoms with Crippen molar-refractivity contribution in [2.45, 2.75) is 11.3 Å². The van der Waals surface area contributed by atoms with E-state index >= 15 is 0 Å². The van der Waals surface area contributed by atoms with Crippen LogP contribution in [-0.2, 0) is 6.42 Å². The molecular weight excluding hydrogens is 353 g/mol. The molecule has 2 aromatic carbocycles. The van der Waals surface area contributed by atoms with E-state index in [2.05, 4.69) is 9.71 Å². The van der Waals surface area contributed by atoms with Crippen molar-refractivity contribution in [2.75, 3.05) is 5.75 Å². The van der Waals surface area contributed by atoms with Gasteiger partial charge in [-0.1, -0.05) is 52.1 Å². The third-order valence-corrected chi connectivity index (χ3v) is 7.39. The van der Waals surface area contributed by atoms with Crippen molar-refractivity contribution in [3.8, 4) is 0 Å². The number of nitrogens with two attached hydrogens (primary N) is 1. The second-order valence-corrected chi connectivity index (χ2v) is 8.80. The van der Waals surface area contributed by atoms with E-state index in [1.165, 1.54) is 0 Å². The van der Waals surface area contributed by atoms with Crippen LogP contribution in [0.4, 0.5) is 10.1 Å². The Hall–Kier alpha value is -1.63. The number of benzene rings is 2. The van der Waals surface area contributed by atoms with Gasteiger partial charge in [0.1, 0.15) is 0 Å². The average molecular weight is 368 g/mol. The van der Waals surface area contributed by atoms with Crippen molar-refractivity contribution in [3.63, 3.8) is 0 Å². The van der Waals surface area contributed by atoms with Crippen LogP contribution >= 0.6 is 34.0 Å². The lowest BCUT2D eigenvalue weighted by atomic mass is 10.2. The maximum Gasteiger partial charge on any atom is 0.252 e. The predicted molar refractivity (Wildman–Crippen MR) is 100 cm³/mol. The molecule has 3 rings (SSSR count). The highest BCUT2D eigenvalue weighted by Crippen LogP contribution is 2.62. The minimum absolute atomic E-state index is 0.0706. The zero-order chi connectivity index (χ0) is 16.4. The van der Waals surface area contributed by atoms with Crippen LogP contribution in [0.5, 0.6) is 0 Å². The minimum atomic E-state index is -2.20. The monoisotopic (exact) mass is 367 g/mol. The SMILES string of the molecule is NC(=S)NS1(CCc2ccccc2Cl)C(F)=Nc2ccccc21. The molecule has 1 aliphatic heterocycles. The van der Waals surface area contributed by atoms with Gasteiger partial charge in [-0.15, -0.1) is 0 Å². The highest BCUT2D eigenvalue weighted by Gasteiger charge is 2.39. The van der Waals surface area contributed by atoms with E-state index in [9.17, 15) is 4.39 Å². The topological polar surface area (TPSA) is 50.4 Å². The first-order chi connectivity index (χ1) is 11.0. The largest absolute Gasteiger partial charge is 0.376 e. The van der Waals surface area contributed by atoms with E-state index in [0.717, 1.165) is 10.5 Å². The minimum Gasteiger partial charge on any atom is -0.376 e. The maximum absolute atomic E-state index is 14.8. The fourth-order valence-electron chi connectivity index (χ4n) is 2.59. The summed E-state index contributed by atoms with van der Waals surface area (Å²) in [6.07, 6.45) is 0.599. The van der Waals surface area contributed by atoms with E-state index in [4.69, 9.17) is 29.6 Å². The highest BCUT2D eigenvalue weighted by molar-refractivity contribution is 8.44. The van der Waals surface area contributed by atoms with Crippen LogP contribution < -0.4 is 10.5 Å². The number of hydrogen-bond acceptors (Lipinski definition) is 2. The number of fused-ring (bicyclic) bond motifs is 1. The lowest BCUT2D eigenvalue weighted by molar-refractivity contribution is 0.829. The Kier molecular flexibility index (Phi) is 4.57. The first kappa shape index (κ1) is 16.2. The molecule has 1 unspecified atom stereocenters. The lowest BCUT2D eigenvalue weighted by Crippen LogP contribution is -2.36. The van der Waals surface area contributed by atoms with Crippen LogP contribution in [0.1, 0.15) is 5.56 Å². The molecular formula is C16H15ClFN3S2. The smallest absolute Gasteiger partial charge is 0.252 e. The Bertz CT molecular complexity index is 796. The summed E-state index contributed by atoms with van der Waals surface area (Å²) in [7, 11) is -2.20. The molecule has 0 amide bonds. The van der Waals surface area contributed by atoms with E-state index in [1.54, 1.807) is 6.07 Å². The zero-order valence-electron chi connectivity index (χ0n) is 12.1. The van der Waals surface area contributed by atoms with Gasteiger partial charge in [-0.2, -0.15) is 4.39 Å². The molecule has 0 bridgehead atoms. The molecule has 0 spiro atoms. The van der Waals surface area contributed by atoms with Crippen LogP contribution in [0.2, 0.25) is 5.02 Å². The van der Waals surface area contributed by atoms with Crippen LogP contribution in [-0.4, -0.2) is 16.2 Å². The molecule has 7 heteroatoms.